The molecule has 1 aromatic carbocycles. The van der Waals surface area contributed by atoms with Crippen molar-refractivity contribution in [1.82, 2.24) is 15.0 Å². The Morgan fingerprint density at radius 2 is 2.12 bits per heavy atom. The summed E-state index contributed by atoms with van der Waals surface area (Å²) in [7, 11) is -3.39. The number of oxazole rings is 1. The van der Waals surface area contributed by atoms with Crippen molar-refractivity contribution >= 4 is 27.0 Å². The van der Waals surface area contributed by atoms with Crippen LogP contribution in [-0.2, 0) is 14.8 Å². The molecule has 2 heterocycles. The molecular weight excluding hydrogens is 346 g/mol. The van der Waals surface area contributed by atoms with Crippen molar-refractivity contribution in [1.29, 1.82) is 0 Å². The minimum Gasteiger partial charge on any atom is -0.441 e. The zero-order valence-corrected chi connectivity index (χ0v) is 14.7. The summed E-state index contributed by atoms with van der Waals surface area (Å²) in [5.41, 5.74) is 1.69. The Kier molecular flexibility index (Phi) is 3.82. The average molecular weight is 365 g/mol. The number of hydrogen-bond acceptors (Lipinski definition) is 6. The number of nitrogens with one attached hydrogen (secondary N) is 2. The summed E-state index contributed by atoms with van der Waals surface area (Å²) < 4.78 is 36.8. The molecule has 0 bridgehead atoms. The van der Waals surface area contributed by atoms with Crippen LogP contribution in [0.4, 0.5) is 0 Å². The maximum atomic E-state index is 12.6. The Balaban J connectivity index is 1.53. The molecular formula is C16H19N3O5S. The number of amides is 1. The molecule has 2 aromatic rings. The minimum atomic E-state index is -3.39. The predicted molar refractivity (Wildman–Crippen MR) is 89.6 cm³/mol. The number of aryl methyl sites for hydroxylation is 1. The van der Waals surface area contributed by atoms with E-state index in [4.69, 9.17) is 9.15 Å². The van der Waals surface area contributed by atoms with E-state index in [1.165, 1.54) is 0 Å². The maximum Gasteiger partial charge on any atom is 0.251 e. The molecule has 1 amide bonds. The third-order valence-electron chi connectivity index (χ3n) is 4.79. The molecule has 1 aromatic heterocycles. The summed E-state index contributed by atoms with van der Waals surface area (Å²) in [6.07, 6.45) is 1.73. The number of rotatable bonds is 4. The van der Waals surface area contributed by atoms with Crippen LogP contribution in [-0.4, -0.2) is 50.4 Å². The molecule has 2 aliphatic rings. The first-order valence-corrected chi connectivity index (χ1v) is 9.98. The van der Waals surface area contributed by atoms with Gasteiger partial charge in [0.15, 0.2) is 11.5 Å². The molecule has 1 aliphatic heterocycles. The van der Waals surface area contributed by atoms with Crippen LogP contribution in [0.25, 0.3) is 11.1 Å². The average Bonchev–Trinajstić information content (AvgIpc) is 3.11. The van der Waals surface area contributed by atoms with Crippen molar-refractivity contribution in [2.24, 2.45) is 5.92 Å². The molecule has 134 valence electrons. The molecule has 8 nitrogen and oxygen atoms in total. The van der Waals surface area contributed by atoms with Gasteiger partial charge in [-0.2, -0.15) is 0 Å². The summed E-state index contributed by atoms with van der Waals surface area (Å²) in [5, 5.41) is 2.94. The monoisotopic (exact) mass is 365 g/mol. The van der Waals surface area contributed by atoms with Gasteiger partial charge in [0.2, 0.25) is 10.0 Å². The van der Waals surface area contributed by atoms with E-state index in [1.807, 2.05) is 0 Å². The lowest BCUT2D eigenvalue weighted by Crippen LogP contribution is -2.70. The molecule has 0 spiro atoms. The maximum absolute atomic E-state index is 12.6. The Labute approximate surface area is 145 Å². The minimum absolute atomic E-state index is 0.124. The Bertz CT molecular complexity index is 938. The normalized spacial score (nSPS) is 28.6. The van der Waals surface area contributed by atoms with Gasteiger partial charge in [-0.3, -0.25) is 4.79 Å². The van der Waals surface area contributed by atoms with Crippen molar-refractivity contribution in [3.63, 3.8) is 0 Å². The number of carbonyl (C=O) groups excluding carboxylic acids is 1. The van der Waals surface area contributed by atoms with Gasteiger partial charge < -0.3 is 14.5 Å². The first-order valence-electron chi connectivity index (χ1n) is 8.09. The fourth-order valence-corrected chi connectivity index (χ4v) is 4.48. The molecule has 2 N–H and O–H groups in total. The Morgan fingerprint density at radius 3 is 2.88 bits per heavy atom. The quantitative estimate of drug-likeness (QED) is 0.820. The lowest BCUT2D eigenvalue weighted by atomic mass is 9.72. The van der Waals surface area contributed by atoms with Crippen molar-refractivity contribution in [3.05, 3.63) is 29.7 Å². The lowest BCUT2D eigenvalue weighted by molar-refractivity contribution is -0.0194. The largest absolute Gasteiger partial charge is 0.441 e. The van der Waals surface area contributed by atoms with Gasteiger partial charge in [0.05, 0.1) is 24.4 Å². The number of carbonyl (C=O) groups is 1. The van der Waals surface area contributed by atoms with Crippen LogP contribution in [0.15, 0.2) is 22.6 Å². The molecule has 25 heavy (non-hydrogen) atoms. The molecule has 0 unspecified atom stereocenters. The highest BCUT2D eigenvalue weighted by Gasteiger charge is 2.55. The van der Waals surface area contributed by atoms with Gasteiger partial charge in [0.25, 0.3) is 5.91 Å². The van der Waals surface area contributed by atoms with Crippen molar-refractivity contribution in [2.45, 2.75) is 31.5 Å². The third kappa shape index (κ3) is 3.03. The van der Waals surface area contributed by atoms with E-state index in [-0.39, 0.29) is 24.0 Å². The number of aromatic nitrogens is 1. The van der Waals surface area contributed by atoms with Crippen molar-refractivity contribution in [3.8, 4) is 0 Å². The van der Waals surface area contributed by atoms with E-state index in [0.29, 0.717) is 29.2 Å². The fourth-order valence-electron chi connectivity index (χ4n) is 3.71. The highest BCUT2D eigenvalue weighted by Crippen LogP contribution is 2.39. The topological polar surface area (TPSA) is 111 Å². The number of benzene rings is 1. The van der Waals surface area contributed by atoms with Crippen molar-refractivity contribution < 1.29 is 22.4 Å². The van der Waals surface area contributed by atoms with Gasteiger partial charge in [-0.1, -0.05) is 0 Å². The second-order valence-electron chi connectivity index (χ2n) is 6.62. The molecule has 9 heteroatoms. The molecule has 4 rings (SSSR count). The summed E-state index contributed by atoms with van der Waals surface area (Å²) >= 11 is 0. The van der Waals surface area contributed by atoms with Crippen LogP contribution >= 0.6 is 0 Å². The number of ether oxygens (including phenoxy) is 1. The van der Waals surface area contributed by atoms with Crippen LogP contribution in [0.1, 0.15) is 22.7 Å². The van der Waals surface area contributed by atoms with Crippen LogP contribution in [0.2, 0.25) is 0 Å². The smallest absolute Gasteiger partial charge is 0.251 e. The molecule has 2 fully saturated rings. The molecule has 4 atom stereocenters. The van der Waals surface area contributed by atoms with Crippen LogP contribution in [0.5, 0.6) is 0 Å². The van der Waals surface area contributed by atoms with Gasteiger partial charge in [0.1, 0.15) is 5.52 Å². The highest BCUT2D eigenvalue weighted by atomic mass is 32.2. The summed E-state index contributed by atoms with van der Waals surface area (Å²) in [4.78, 5) is 16.8. The van der Waals surface area contributed by atoms with Gasteiger partial charge in [-0.05, 0) is 24.6 Å². The number of hydrogen-bond donors (Lipinski definition) is 2. The van der Waals surface area contributed by atoms with Gasteiger partial charge in [-0.25, -0.2) is 18.1 Å². The first-order chi connectivity index (χ1) is 11.8. The van der Waals surface area contributed by atoms with Crippen LogP contribution < -0.4 is 10.0 Å². The number of fused-ring (bicyclic) bond motifs is 2. The molecule has 0 radical (unpaired) electrons. The van der Waals surface area contributed by atoms with E-state index >= 15 is 0 Å². The zero-order valence-electron chi connectivity index (χ0n) is 13.9. The molecule has 1 aliphatic carbocycles. The molecule has 1 saturated heterocycles. The van der Waals surface area contributed by atoms with E-state index < -0.39 is 16.1 Å². The van der Waals surface area contributed by atoms with Gasteiger partial charge >= 0.3 is 0 Å². The third-order valence-corrected chi connectivity index (χ3v) is 5.49. The first kappa shape index (κ1) is 16.5. The van der Waals surface area contributed by atoms with E-state index in [2.05, 4.69) is 15.0 Å². The number of sulfonamides is 1. The van der Waals surface area contributed by atoms with Gasteiger partial charge in [-0.15, -0.1) is 0 Å². The van der Waals surface area contributed by atoms with E-state index in [0.717, 1.165) is 12.7 Å². The summed E-state index contributed by atoms with van der Waals surface area (Å²) in [6, 6.07) is 4.32. The van der Waals surface area contributed by atoms with Crippen LogP contribution in [0, 0.1) is 12.8 Å². The predicted octanol–water partition coefficient (Wildman–Crippen LogP) is 0.571. The second kappa shape index (κ2) is 5.79. The SMILES string of the molecule is Cc1nc2ccc(C(=O)N[C@@H]3[C@@H]4CCO[C@@H]4[C@H]3NS(C)(=O)=O)cc2o1. The summed E-state index contributed by atoms with van der Waals surface area (Å²) in [5.74, 6) is 0.390. The highest BCUT2D eigenvalue weighted by molar-refractivity contribution is 7.88. The molecule has 1 saturated carbocycles. The summed E-state index contributed by atoms with van der Waals surface area (Å²) in [6.45, 7) is 2.32. The van der Waals surface area contributed by atoms with Gasteiger partial charge in [0, 0.05) is 25.0 Å². The van der Waals surface area contributed by atoms with Crippen LogP contribution in [0.3, 0.4) is 0 Å². The van der Waals surface area contributed by atoms with E-state index in [9.17, 15) is 13.2 Å². The Morgan fingerprint density at radius 1 is 1.32 bits per heavy atom. The zero-order chi connectivity index (χ0) is 17.8. The fraction of sp³-hybridized carbons (Fsp3) is 0.500. The lowest BCUT2D eigenvalue weighted by Gasteiger charge is -2.47. The number of nitrogens with zero attached hydrogens (tertiary/aromatic N) is 1. The second-order valence-corrected chi connectivity index (χ2v) is 8.40. The Hall–Kier alpha value is -1.97. The van der Waals surface area contributed by atoms with E-state index in [1.54, 1.807) is 25.1 Å². The van der Waals surface area contributed by atoms with Crippen molar-refractivity contribution in [2.75, 3.05) is 12.9 Å². The standard InChI is InChI=1S/C16H19N3O5S/c1-8-17-11-4-3-9(7-12(11)24-8)16(20)18-13-10-5-6-23-15(10)14(13)19-25(2,21)22/h3-4,7,10,13-15,19H,5-6H2,1-2H3,(H,18,20)/t10-,13+,14-,15-/m0/s1.